The summed E-state index contributed by atoms with van der Waals surface area (Å²) in [7, 11) is 0. The zero-order chi connectivity index (χ0) is 10.7. The van der Waals surface area contributed by atoms with Gasteiger partial charge in [-0.25, -0.2) is 0 Å². The van der Waals surface area contributed by atoms with E-state index in [0.29, 0.717) is 5.02 Å². The second-order valence-electron chi connectivity index (χ2n) is 2.30. The van der Waals surface area contributed by atoms with Crippen molar-refractivity contribution in [3.8, 4) is 5.75 Å². The van der Waals surface area contributed by atoms with E-state index in [0.717, 1.165) is 0 Å². The second kappa shape index (κ2) is 5.08. The van der Waals surface area contributed by atoms with Crippen molar-refractivity contribution in [3.05, 3.63) is 27.2 Å². The van der Waals surface area contributed by atoms with E-state index in [1.807, 2.05) is 0 Å². The van der Waals surface area contributed by atoms with Crippen molar-refractivity contribution in [2.24, 2.45) is 0 Å². The lowest BCUT2D eigenvalue weighted by atomic mass is 10.3. The molecule has 0 N–H and O–H groups in total. The lowest BCUT2D eigenvalue weighted by Crippen LogP contribution is -2.09. The van der Waals surface area contributed by atoms with Gasteiger partial charge < -0.3 is 4.74 Å². The number of ether oxygens (including phenoxy) is 1. The second-order valence-corrected chi connectivity index (χ2v) is 3.79. The van der Waals surface area contributed by atoms with Crippen molar-refractivity contribution < 1.29 is 9.53 Å². The van der Waals surface area contributed by atoms with Gasteiger partial charge in [0.15, 0.2) is 5.75 Å². The highest BCUT2D eigenvalue weighted by molar-refractivity contribution is 6.43. The molecule has 0 radical (unpaired) electrons. The Kier molecular flexibility index (Phi) is 4.32. The van der Waals surface area contributed by atoms with Gasteiger partial charge in [-0.05, 0) is 6.07 Å². The van der Waals surface area contributed by atoms with Crippen LogP contribution < -0.4 is 4.74 Å². The smallest absolute Gasteiger partial charge is 0.326 e. The summed E-state index contributed by atoms with van der Waals surface area (Å²) in [6.45, 7) is 0. The van der Waals surface area contributed by atoms with Gasteiger partial charge in [0, 0.05) is 6.07 Å². The average molecular weight is 274 g/mol. The third-order valence-corrected chi connectivity index (χ3v) is 2.54. The highest BCUT2D eigenvalue weighted by atomic mass is 35.5. The van der Waals surface area contributed by atoms with E-state index in [1.54, 1.807) is 0 Å². The minimum Gasteiger partial charge on any atom is -0.424 e. The first kappa shape index (κ1) is 11.9. The molecule has 6 heteroatoms. The fourth-order valence-electron chi connectivity index (χ4n) is 0.732. The highest BCUT2D eigenvalue weighted by Gasteiger charge is 2.10. The number of esters is 1. The monoisotopic (exact) mass is 272 g/mol. The molecular weight excluding hydrogens is 270 g/mol. The summed E-state index contributed by atoms with van der Waals surface area (Å²) < 4.78 is 4.78. The topological polar surface area (TPSA) is 26.3 Å². The van der Waals surface area contributed by atoms with Gasteiger partial charge in [0.1, 0.15) is 5.88 Å². The van der Waals surface area contributed by atoms with Crippen LogP contribution in [0.15, 0.2) is 12.1 Å². The van der Waals surface area contributed by atoms with Crippen molar-refractivity contribution in [1.82, 2.24) is 0 Å². The Labute approximate surface area is 101 Å². The normalized spacial score (nSPS) is 10.0. The maximum absolute atomic E-state index is 10.8. The molecule has 1 rings (SSSR count). The predicted molar refractivity (Wildman–Crippen MR) is 57.8 cm³/mol. The Bertz CT molecular complexity index is 365. The van der Waals surface area contributed by atoms with Crippen LogP contribution in [0.1, 0.15) is 0 Å². The summed E-state index contributed by atoms with van der Waals surface area (Å²) in [6, 6.07) is 2.75. The Morgan fingerprint density at radius 3 is 2.29 bits per heavy atom. The maximum atomic E-state index is 10.8. The van der Waals surface area contributed by atoms with Crippen molar-refractivity contribution in [3.63, 3.8) is 0 Å². The fourth-order valence-corrected chi connectivity index (χ4v) is 1.36. The largest absolute Gasteiger partial charge is 0.424 e. The summed E-state index contributed by atoms with van der Waals surface area (Å²) in [5.41, 5.74) is 0. The van der Waals surface area contributed by atoms with Crippen LogP contribution in [0, 0.1) is 0 Å². The molecule has 0 aliphatic rings. The molecule has 0 spiro atoms. The predicted octanol–water partition coefficient (Wildman–Crippen LogP) is 3.79. The first-order chi connectivity index (χ1) is 6.54. The minimum absolute atomic E-state index is 0.145. The Morgan fingerprint density at radius 2 is 1.71 bits per heavy atom. The van der Waals surface area contributed by atoms with E-state index < -0.39 is 5.97 Å². The molecule has 0 saturated carbocycles. The molecular formula is C8H4Cl4O2. The summed E-state index contributed by atoms with van der Waals surface area (Å²) >= 11 is 22.4. The van der Waals surface area contributed by atoms with Crippen molar-refractivity contribution >= 4 is 52.4 Å². The number of rotatable bonds is 2. The van der Waals surface area contributed by atoms with Crippen LogP contribution in [0.25, 0.3) is 0 Å². The van der Waals surface area contributed by atoms with Crippen LogP contribution in [0.5, 0.6) is 5.75 Å². The average Bonchev–Trinajstić information content (AvgIpc) is 2.14. The lowest BCUT2D eigenvalue weighted by Gasteiger charge is -2.05. The SMILES string of the molecule is O=C(CCl)Oc1cc(Cl)c(Cl)cc1Cl. The number of benzene rings is 1. The quantitative estimate of drug-likeness (QED) is 0.355. The van der Waals surface area contributed by atoms with Gasteiger partial charge in [0.2, 0.25) is 0 Å². The Hall–Kier alpha value is -0.150. The number of carbonyl (C=O) groups excluding carboxylic acids is 1. The molecule has 1 aromatic carbocycles. The number of carbonyl (C=O) groups is 1. The molecule has 0 bridgehead atoms. The molecule has 0 fully saturated rings. The van der Waals surface area contributed by atoms with Gasteiger partial charge in [-0.2, -0.15) is 0 Å². The van der Waals surface area contributed by atoms with Gasteiger partial charge in [0.25, 0.3) is 0 Å². The molecule has 0 aliphatic heterocycles. The summed E-state index contributed by atoms with van der Waals surface area (Å²) in [4.78, 5) is 10.8. The molecule has 0 heterocycles. The van der Waals surface area contributed by atoms with E-state index >= 15 is 0 Å². The zero-order valence-electron chi connectivity index (χ0n) is 6.69. The molecule has 2 nitrogen and oxygen atoms in total. The first-order valence-corrected chi connectivity index (χ1v) is 5.12. The number of hydrogen-bond acceptors (Lipinski definition) is 2. The minimum atomic E-state index is -0.605. The standard InChI is InChI=1S/C8H4Cl4O2/c9-3-8(13)14-7-2-5(11)4(10)1-6(7)12/h1-2H,3H2. The van der Waals surface area contributed by atoms with Crippen LogP contribution in [-0.4, -0.2) is 11.8 Å². The lowest BCUT2D eigenvalue weighted by molar-refractivity contribution is -0.131. The molecule has 0 unspecified atom stereocenters. The molecule has 76 valence electrons. The summed E-state index contributed by atoms with van der Waals surface area (Å²) in [5, 5.41) is 0.758. The van der Waals surface area contributed by atoms with Gasteiger partial charge in [0.05, 0.1) is 15.1 Å². The Morgan fingerprint density at radius 1 is 1.14 bits per heavy atom. The van der Waals surface area contributed by atoms with Crippen LogP contribution in [0.4, 0.5) is 0 Å². The molecule has 1 aromatic rings. The van der Waals surface area contributed by atoms with Gasteiger partial charge in [-0.15, -0.1) is 11.6 Å². The molecule has 0 aromatic heterocycles. The number of alkyl halides is 1. The van der Waals surface area contributed by atoms with Crippen molar-refractivity contribution in [2.45, 2.75) is 0 Å². The van der Waals surface area contributed by atoms with E-state index in [9.17, 15) is 4.79 Å². The van der Waals surface area contributed by atoms with Crippen LogP contribution in [0.3, 0.4) is 0 Å². The molecule has 0 saturated heterocycles. The molecule has 0 atom stereocenters. The first-order valence-electron chi connectivity index (χ1n) is 3.45. The van der Waals surface area contributed by atoms with Gasteiger partial charge in [-0.1, -0.05) is 34.8 Å². The Balaban J connectivity index is 2.98. The number of halogens is 4. The van der Waals surface area contributed by atoms with Gasteiger partial charge >= 0.3 is 5.97 Å². The van der Waals surface area contributed by atoms with E-state index in [4.69, 9.17) is 51.1 Å². The molecule has 0 aliphatic carbocycles. The van der Waals surface area contributed by atoms with Gasteiger partial charge in [-0.3, -0.25) is 4.79 Å². The third kappa shape index (κ3) is 2.92. The van der Waals surface area contributed by atoms with Crippen LogP contribution >= 0.6 is 46.4 Å². The van der Waals surface area contributed by atoms with Crippen LogP contribution in [0.2, 0.25) is 15.1 Å². The third-order valence-electron chi connectivity index (χ3n) is 1.31. The zero-order valence-corrected chi connectivity index (χ0v) is 9.71. The molecule has 0 amide bonds. The number of hydrogen-bond donors (Lipinski definition) is 0. The maximum Gasteiger partial charge on any atom is 0.326 e. The van der Waals surface area contributed by atoms with E-state index in [2.05, 4.69) is 0 Å². The summed E-state index contributed by atoms with van der Waals surface area (Å²) in [5.74, 6) is -0.713. The summed E-state index contributed by atoms with van der Waals surface area (Å²) in [6.07, 6.45) is 0. The highest BCUT2D eigenvalue weighted by Crippen LogP contribution is 2.33. The van der Waals surface area contributed by atoms with E-state index in [-0.39, 0.29) is 21.7 Å². The molecule has 14 heavy (non-hydrogen) atoms. The van der Waals surface area contributed by atoms with Crippen LogP contribution in [-0.2, 0) is 4.79 Å². The van der Waals surface area contributed by atoms with Crippen molar-refractivity contribution in [1.29, 1.82) is 0 Å². The van der Waals surface area contributed by atoms with E-state index in [1.165, 1.54) is 12.1 Å². The fraction of sp³-hybridized carbons (Fsp3) is 0.125. The van der Waals surface area contributed by atoms with Crippen molar-refractivity contribution in [2.75, 3.05) is 5.88 Å².